The van der Waals surface area contributed by atoms with Crippen LogP contribution in [0, 0.1) is 5.82 Å². The molecule has 1 N–H and O–H groups in total. The Hall–Kier alpha value is -0.550. The maximum Gasteiger partial charge on any atom is 0.254 e. The number of hydrogen-bond acceptors (Lipinski definition) is 2. The molecule has 0 aliphatic carbocycles. The molecule has 1 rings (SSSR count). The summed E-state index contributed by atoms with van der Waals surface area (Å²) in [4.78, 5) is 11.6. The van der Waals surface area contributed by atoms with Gasteiger partial charge in [-0.25, -0.2) is 4.39 Å². The van der Waals surface area contributed by atoms with Crippen LogP contribution in [0.15, 0.2) is 22.7 Å². The van der Waals surface area contributed by atoms with E-state index in [0.29, 0.717) is 16.3 Å². The Morgan fingerprint density at radius 3 is 2.88 bits per heavy atom. The van der Waals surface area contributed by atoms with Gasteiger partial charge in [-0.2, -0.15) is 11.8 Å². The third-order valence-electron chi connectivity index (χ3n) is 2.13. The van der Waals surface area contributed by atoms with E-state index in [4.69, 9.17) is 0 Å². The van der Waals surface area contributed by atoms with Gasteiger partial charge in [0.1, 0.15) is 5.82 Å². The predicted molar refractivity (Wildman–Crippen MR) is 69.4 cm³/mol. The molecule has 1 unspecified atom stereocenters. The van der Waals surface area contributed by atoms with Crippen LogP contribution in [-0.2, 0) is 0 Å². The summed E-state index contributed by atoms with van der Waals surface area (Å²) in [5.74, 6) is -0.880. The van der Waals surface area contributed by atoms with Gasteiger partial charge in [0.05, 0.1) is 5.56 Å². The van der Waals surface area contributed by atoms with Gasteiger partial charge < -0.3 is 5.32 Å². The highest BCUT2D eigenvalue weighted by Gasteiger charge is 2.12. The van der Waals surface area contributed by atoms with E-state index in [1.807, 2.05) is 13.2 Å². The molecule has 0 fully saturated rings. The number of carbonyl (C=O) groups excluding carboxylic acids is 1. The van der Waals surface area contributed by atoms with Gasteiger partial charge in [0.15, 0.2) is 0 Å². The van der Waals surface area contributed by atoms with Gasteiger partial charge in [0.2, 0.25) is 0 Å². The Bertz CT molecular complexity index is 386. The highest BCUT2D eigenvalue weighted by Crippen LogP contribution is 2.15. The molecule has 0 heterocycles. The molecule has 1 atom stereocenters. The average Bonchev–Trinajstić information content (AvgIpc) is 2.25. The number of halogens is 2. The minimum Gasteiger partial charge on any atom is -0.351 e. The minimum atomic E-state index is -0.510. The normalized spacial score (nSPS) is 12.2. The zero-order valence-corrected chi connectivity index (χ0v) is 11.5. The minimum absolute atomic E-state index is 0.0801. The van der Waals surface area contributed by atoms with Crippen LogP contribution < -0.4 is 5.32 Å². The van der Waals surface area contributed by atoms with Crippen LogP contribution in [0.5, 0.6) is 0 Å². The van der Waals surface area contributed by atoms with Crippen molar-refractivity contribution in [1.29, 1.82) is 0 Å². The Morgan fingerprint density at radius 2 is 2.31 bits per heavy atom. The quantitative estimate of drug-likeness (QED) is 0.926. The molecular weight excluding hydrogens is 293 g/mol. The van der Waals surface area contributed by atoms with Crippen LogP contribution >= 0.6 is 27.7 Å². The Balaban J connectivity index is 2.66. The molecule has 0 aromatic heterocycles. The fourth-order valence-corrected chi connectivity index (χ4v) is 1.67. The maximum atomic E-state index is 13.4. The molecule has 0 saturated carbocycles. The molecule has 0 aliphatic heterocycles. The summed E-state index contributed by atoms with van der Waals surface area (Å²) in [6, 6.07) is 4.40. The third kappa shape index (κ3) is 3.79. The Kier molecular flexibility index (Phi) is 5.28. The van der Waals surface area contributed by atoms with Crippen molar-refractivity contribution >= 4 is 33.6 Å². The van der Waals surface area contributed by atoms with Crippen molar-refractivity contribution in [3.8, 4) is 0 Å². The van der Waals surface area contributed by atoms with Crippen LogP contribution in [0.4, 0.5) is 4.39 Å². The van der Waals surface area contributed by atoms with E-state index in [9.17, 15) is 9.18 Å². The molecule has 1 aromatic carbocycles. The fourth-order valence-electron chi connectivity index (χ4n) is 1.09. The van der Waals surface area contributed by atoms with Gasteiger partial charge in [-0.3, -0.25) is 4.79 Å². The van der Waals surface area contributed by atoms with Crippen molar-refractivity contribution in [2.24, 2.45) is 0 Å². The third-order valence-corrected chi connectivity index (χ3v) is 3.59. The van der Waals surface area contributed by atoms with Gasteiger partial charge >= 0.3 is 0 Å². The van der Waals surface area contributed by atoms with E-state index < -0.39 is 5.82 Å². The number of amides is 1. The lowest BCUT2D eigenvalue weighted by Gasteiger charge is -2.10. The van der Waals surface area contributed by atoms with E-state index in [1.54, 1.807) is 17.8 Å². The molecule has 88 valence electrons. The lowest BCUT2D eigenvalue weighted by Crippen LogP contribution is -2.29. The van der Waals surface area contributed by atoms with Gasteiger partial charge in [-0.05, 0) is 24.5 Å². The summed E-state index contributed by atoms with van der Waals surface area (Å²) >= 11 is 4.80. The van der Waals surface area contributed by atoms with Crippen molar-refractivity contribution in [2.75, 3.05) is 12.8 Å². The molecule has 1 aromatic rings. The number of hydrogen-bond donors (Lipinski definition) is 1. The molecule has 0 radical (unpaired) electrons. The number of nitrogens with one attached hydrogen (secondary N) is 1. The van der Waals surface area contributed by atoms with E-state index >= 15 is 0 Å². The largest absolute Gasteiger partial charge is 0.351 e. The van der Waals surface area contributed by atoms with Crippen LogP contribution in [0.1, 0.15) is 17.3 Å². The molecule has 16 heavy (non-hydrogen) atoms. The Morgan fingerprint density at radius 1 is 1.62 bits per heavy atom. The predicted octanol–water partition coefficient (Wildman–Crippen LogP) is 3.07. The topological polar surface area (TPSA) is 29.1 Å². The van der Waals surface area contributed by atoms with E-state index in [-0.39, 0.29) is 11.5 Å². The van der Waals surface area contributed by atoms with Crippen molar-refractivity contribution in [1.82, 2.24) is 5.32 Å². The van der Waals surface area contributed by atoms with Gasteiger partial charge in [0.25, 0.3) is 5.91 Å². The van der Waals surface area contributed by atoms with Crippen molar-refractivity contribution in [3.05, 3.63) is 34.1 Å². The van der Waals surface area contributed by atoms with Crippen LogP contribution in [-0.4, -0.2) is 24.0 Å². The number of thioether (sulfide) groups is 1. The van der Waals surface area contributed by atoms with E-state index in [0.717, 1.165) is 0 Å². The lowest BCUT2D eigenvalue weighted by molar-refractivity contribution is 0.0950. The summed E-state index contributed by atoms with van der Waals surface area (Å²) < 4.78 is 14.0. The lowest BCUT2D eigenvalue weighted by atomic mass is 10.2. The maximum absolute atomic E-state index is 13.4. The zero-order chi connectivity index (χ0) is 12.1. The monoisotopic (exact) mass is 305 g/mol. The first-order valence-corrected chi connectivity index (χ1v) is 6.88. The molecule has 0 aliphatic rings. The molecule has 2 nitrogen and oxygen atoms in total. The molecular formula is C11H13BrFNOS. The first-order valence-electron chi connectivity index (χ1n) is 4.80. The Labute approximate surface area is 107 Å². The summed E-state index contributed by atoms with van der Waals surface area (Å²) in [7, 11) is 0. The second kappa shape index (κ2) is 6.25. The first-order chi connectivity index (χ1) is 7.54. The highest BCUT2D eigenvalue weighted by molar-refractivity contribution is 9.10. The highest BCUT2D eigenvalue weighted by atomic mass is 79.9. The van der Waals surface area contributed by atoms with Gasteiger partial charge in [0, 0.05) is 16.3 Å². The molecule has 5 heteroatoms. The van der Waals surface area contributed by atoms with E-state index in [1.165, 1.54) is 12.1 Å². The zero-order valence-electron chi connectivity index (χ0n) is 9.09. The molecule has 0 spiro atoms. The smallest absolute Gasteiger partial charge is 0.254 e. The second-order valence-electron chi connectivity index (χ2n) is 3.38. The number of carbonyl (C=O) groups is 1. The van der Waals surface area contributed by atoms with Crippen molar-refractivity contribution < 1.29 is 9.18 Å². The van der Waals surface area contributed by atoms with Gasteiger partial charge in [-0.1, -0.05) is 22.9 Å². The summed E-state index contributed by atoms with van der Waals surface area (Å²) in [5.41, 5.74) is 0.0801. The molecule has 0 bridgehead atoms. The molecule has 1 amide bonds. The number of rotatable bonds is 4. The standard InChI is InChI=1S/C11H13BrFNOS/c1-7(16-2)6-14-11(15)9-4-3-8(12)5-10(9)13/h3-5,7H,6H2,1-2H3,(H,14,15). The molecule has 0 saturated heterocycles. The van der Waals surface area contributed by atoms with Crippen LogP contribution in [0.2, 0.25) is 0 Å². The first kappa shape index (κ1) is 13.5. The second-order valence-corrected chi connectivity index (χ2v) is 5.57. The van der Waals surface area contributed by atoms with Crippen LogP contribution in [0.3, 0.4) is 0 Å². The summed E-state index contributed by atoms with van der Waals surface area (Å²) in [5, 5.41) is 3.02. The summed E-state index contributed by atoms with van der Waals surface area (Å²) in [6.07, 6.45) is 1.97. The van der Waals surface area contributed by atoms with Crippen molar-refractivity contribution in [3.63, 3.8) is 0 Å². The summed E-state index contributed by atoms with van der Waals surface area (Å²) in [6.45, 7) is 2.54. The fraction of sp³-hybridized carbons (Fsp3) is 0.364. The number of benzene rings is 1. The van der Waals surface area contributed by atoms with Gasteiger partial charge in [-0.15, -0.1) is 0 Å². The average molecular weight is 306 g/mol. The van der Waals surface area contributed by atoms with Crippen molar-refractivity contribution in [2.45, 2.75) is 12.2 Å². The SMILES string of the molecule is CSC(C)CNC(=O)c1ccc(Br)cc1F. The van der Waals surface area contributed by atoms with E-state index in [2.05, 4.69) is 21.2 Å². The van der Waals surface area contributed by atoms with Crippen LogP contribution in [0.25, 0.3) is 0 Å².